The van der Waals surface area contributed by atoms with E-state index < -0.39 is 0 Å². The molecule has 8 heteroatoms. The van der Waals surface area contributed by atoms with Crippen molar-refractivity contribution in [3.8, 4) is 0 Å². The van der Waals surface area contributed by atoms with Gasteiger partial charge in [0, 0.05) is 38.1 Å². The van der Waals surface area contributed by atoms with Crippen molar-refractivity contribution in [3.63, 3.8) is 0 Å². The molecule has 1 fully saturated rings. The number of nitrogens with one attached hydrogen (secondary N) is 2. The van der Waals surface area contributed by atoms with Crippen molar-refractivity contribution in [1.29, 1.82) is 0 Å². The molecule has 1 aromatic rings. The molecule has 1 aliphatic carbocycles. The summed E-state index contributed by atoms with van der Waals surface area (Å²) in [5.41, 5.74) is 0.110. The van der Waals surface area contributed by atoms with Crippen LogP contribution >= 0.6 is 24.0 Å². The van der Waals surface area contributed by atoms with E-state index in [1.165, 1.54) is 12.8 Å². The van der Waals surface area contributed by atoms with Crippen molar-refractivity contribution in [1.82, 2.24) is 25.4 Å². The molecule has 25 heavy (non-hydrogen) atoms. The molecule has 2 heterocycles. The van der Waals surface area contributed by atoms with Crippen LogP contribution in [0.1, 0.15) is 51.7 Å². The van der Waals surface area contributed by atoms with Gasteiger partial charge in [-0.3, -0.25) is 0 Å². The maximum absolute atomic E-state index is 5.53. The van der Waals surface area contributed by atoms with Crippen molar-refractivity contribution in [2.75, 3.05) is 13.7 Å². The van der Waals surface area contributed by atoms with Crippen LogP contribution in [0, 0.1) is 5.41 Å². The summed E-state index contributed by atoms with van der Waals surface area (Å²) in [4.78, 5) is 4.73. The van der Waals surface area contributed by atoms with Crippen LogP contribution < -0.4 is 10.6 Å². The Kier molecular flexibility index (Phi) is 7.07. The first-order valence-electron chi connectivity index (χ1n) is 9.04. The molecule has 2 aliphatic rings. The molecule has 2 atom stereocenters. The number of hydrogen-bond acceptors (Lipinski definition) is 4. The summed E-state index contributed by atoms with van der Waals surface area (Å²) in [6, 6.07) is 0.368. The van der Waals surface area contributed by atoms with E-state index in [4.69, 9.17) is 9.73 Å². The van der Waals surface area contributed by atoms with E-state index in [1.807, 2.05) is 0 Å². The maximum Gasteiger partial charge on any atom is 0.191 e. The Morgan fingerprint density at radius 3 is 2.84 bits per heavy atom. The van der Waals surface area contributed by atoms with Crippen LogP contribution in [0.2, 0.25) is 0 Å². The number of hydrogen-bond donors (Lipinski definition) is 2. The van der Waals surface area contributed by atoms with Gasteiger partial charge >= 0.3 is 0 Å². The maximum atomic E-state index is 5.53. The van der Waals surface area contributed by atoms with Gasteiger partial charge in [-0.1, -0.05) is 13.8 Å². The molecule has 0 amide bonds. The molecule has 0 spiro atoms. The Labute approximate surface area is 167 Å². The number of fused-ring (bicyclic) bond motifs is 1. The van der Waals surface area contributed by atoms with E-state index in [2.05, 4.69) is 46.2 Å². The van der Waals surface area contributed by atoms with E-state index in [1.54, 1.807) is 7.11 Å². The highest BCUT2D eigenvalue weighted by atomic mass is 127. The van der Waals surface area contributed by atoms with Crippen LogP contribution in [0.4, 0.5) is 0 Å². The number of methoxy groups -OCH3 is 1. The van der Waals surface area contributed by atoms with Crippen molar-refractivity contribution in [3.05, 3.63) is 11.6 Å². The lowest BCUT2D eigenvalue weighted by atomic mass is 9.64. The second-order valence-corrected chi connectivity index (χ2v) is 7.31. The Morgan fingerprint density at radius 1 is 1.36 bits per heavy atom. The number of nitrogens with zero attached hydrogens (tertiary/aromatic N) is 4. The predicted molar refractivity (Wildman–Crippen MR) is 109 cm³/mol. The molecule has 2 N–H and O–H groups in total. The van der Waals surface area contributed by atoms with Crippen LogP contribution in [0.5, 0.6) is 0 Å². The molecular weight excluding hydrogens is 431 g/mol. The van der Waals surface area contributed by atoms with Gasteiger partial charge in [-0.05, 0) is 26.2 Å². The zero-order valence-corrected chi connectivity index (χ0v) is 18.0. The SMILES string of the molecule is CCNC(=NCc1nnc2n1CCCC2)NC1CC(OC)C1(C)C.I. The van der Waals surface area contributed by atoms with Crippen LogP contribution in [-0.2, 0) is 24.2 Å². The number of ether oxygens (including phenoxy) is 1. The molecule has 3 rings (SSSR count). The van der Waals surface area contributed by atoms with Crippen LogP contribution in [0.25, 0.3) is 0 Å². The van der Waals surface area contributed by atoms with E-state index in [-0.39, 0.29) is 29.4 Å². The van der Waals surface area contributed by atoms with Gasteiger partial charge in [0.2, 0.25) is 0 Å². The highest BCUT2D eigenvalue weighted by Gasteiger charge is 2.48. The zero-order chi connectivity index (χ0) is 17.2. The number of aryl methyl sites for hydroxylation is 1. The first kappa shape index (κ1) is 20.4. The molecule has 0 aromatic carbocycles. The molecule has 0 radical (unpaired) electrons. The Morgan fingerprint density at radius 2 is 2.16 bits per heavy atom. The third kappa shape index (κ3) is 4.27. The molecule has 7 nitrogen and oxygen atoms in total. The normalized spacial score (nSPS) is 24.7. The number of halogens is 1. The number of rotatable bonds is 5. The smallest absolute Gasteiger partial charge is 0.191 e. The van der Waals surface area contributed by atoms with Crippen LogP contribution in [0.3, 0.4) is 0 Å². The summed E-state index contributed by atoms with van der Waals surface area (Å²) in [6.07, 6.45) is 4.76. The minimum absolute atomic E-state index is 0. The van der Waals surface area contributed by atoms with E-state index in [0.717, 1.165) is 43.5 Å². The molecule has 0 saturated heterocycles. The van der Waals surface area contributed by atoms with Gasteiger partial charge in [0.25, 0.3) is 0 Å². The number of guanidine groups is 1. The standard InChI is InChI=1S/C17H30N6O.HI/c1-5-18-16(20-12-10-13(24-4)17(12,2)3)19-11-15-22-21-14-8-6-7-9-23(14)15;/h12-13H,5-11H2,1-4H3,(H2,18,19,20);1H. The Bertz CT molecular complexity index is 600. The largest absolute Gasteiger partial charge is 0.381 e. The quantitative estimate of drug-likeness (QED) is 0.398. The molecule has 0 bridgehead atoms. The average Bonchev–Trinajstić information content (AvgIpc) is 2.99. The van der Waals surface area contributed by atoms with Crippen molar-refractivity contribution in [2.45, 2.75) is 71.7 Å². The molecule has 142 valence electrons. The fraction of sp³-hybridized carbons (Fsp3) is 0.824. The minimum Gasteiger partial charge on any atom is -0.381 e. The highest BCUT2D eigenvalue weighted by Crippen LogP contribution is 2.42. The third-order valence-corrected chi connectivity index (χ3v) is 5.43. The molecule has 1 aromatic heterocycles. The summed E-state index contributed by atoms with van der Waals surface area (Å²) >= 11 is 0. The molecule has 1 saturated carbocycles. The van der Waals surface area contributed by atoms with Crippen LogP contribution in [0.15, 0.2) is 4.99 Å². The van der Waals surface area contributed by atoms with Gasteiger partial charge in [-0.25, -0.2) is 4.99 Å². The summed E-state index contributed by atoms with van der Waals surface area (Å²) in [5.74, 6) is 2.91. The topological polar surface area (TPSA) is 76.4 Å². The Balaban J connectivity index is 0.00000225. The van der Waals surface area contributed by atoms with E-state index in [9.17, 15) is 0 Å². The van der Waals surface area contributed by atoms with Gasteiger partial charge in [0.05, 0.1) is 6.10 Å². The number of aliphatic imine (C=N–C) groups is 1. The van der Waals surface area contributed by atoms with E-state index in [0.29, 0.717) is 18.7 Å². The third-order valence-electron chi connectivity index (χ3n) is 5.43. The second kappa shape index (κ2) is 8.66. The van der Waals surface area contributed by atoms with Crippen molar-refractivity contribution < 1.29 is 4.74 Å². The zero-order valence-electron chi connectivity index (χ0n) is 15.7. The Hall–Kier alpha value is -0.900. The summed E-state index contributed by atoms with van der Waals surface area (Å²) in [7, 11) is 1.79. The lowest BCUT2D eigenvalue weighted by Crippen LogP contribution is -2.63. The summed E-state index contributed by atoms with van der Waals surface area (Å²) in [6.45, 7) is 8.97. The van der Waals surface area contributed by atoms with Gasteiger partial charge < -0.3 is 19.9 Å². The lowest BCUT2D eigenvalue weighted by molar-refractivity contribution is -0.0922. The average molecular weight is 462 g/mol. The summed E-state index contributed by atoms with van der Waals surface area (Å²) in [5, 5.41) is 15.5. The molecule has 2 unspecified atom stereocenters. The fourth-order valence-electron chi connectivity index (χ4n) is 3.65. The first-order chi connectivity index (χ1) is 11.6. The second-order valence-electron chi connectivity index (χ2n) is 7.31. The van der Waals surface area contributed by atoms with E-state index >= 15 is 0 Å². The highest BCUT2D eigenvalue weighted by molar-refractivity contribution is 14.0. The van der Waals surface area contributed by atoms with Crippen molar-refractivity contribution in [2.24, 2.45) is 10.4 Å². The van der Waals surface area contributed by atoms with Crippen molar-refractivity contribution >= 4 is 29.9 Å². The van der Waals surface area contributed by atoms with Gasteiger partial charge in [0.15, 0.2) is 11.8 Å². The fourth-order valence-corrected chi connectivity index (χ4v) is 3.65. The monoisotopic (exact) mass is 462 g/mol. The predicted octanol–water partition coefficient (Wildman–Crippen LogP) is 2.10. The van der Waals surface area contributed by atoms with Gasteiger partial charge in [-0.15, -0.1) is 34.2 Å². The molecular formula is C17H31IN6O. The van der Waals surface area contributed by atoms with Gasteiger partial charge in [-0.2, -0.15) is 0 Å². The lowest BCUT2D eigenvalue weighted by Gasteiger charge is -2.51. The number of aromatic nitrogens is 3. The molecule has 1 aliphatic heterocycles. The van der Waals surface area contributed by atoms with Crippen LogP contribution in [-0.4, -0.2) is 46.5 Å². The van der Waals surface area contributed by atoms with Gasteiger partial charge in [0.1, 0.15) is 12.4 Å². The summed E-state index contributed by atoms with van der Waals surface area (Å²) < 4.78 is 7.76. The first-order valence-corrected chi connectivity index (χ1v) is 9.04. The minimum atomic E-state index is 0.